The first-order chi connectivity index (χ1) is 25.8. The minimum atomic E-state index is -0.546. The molecule has 4 N–H and O–H groups in total. The number of aromatic nitrogens is 2. The van der Waals surface area contributed by atoms with E-state index in [1.165, 1.54) is 7.11 Å². The number of amides is 1. The Morgan fingerprint density at radius 2 is 0.981 bits per heavy atom. The van der Waals surface area contributed by atoms with Crippen molar-refractivity contribution in [3.05, 3.63) is 155 Å². The van der Waals surface area contributed by atoms with Crippen LogP contribution in [0.1, 0.15) is 43.0 Å². The Labute approximate surface area is 303 Å². The molecule has 1 amide bonds. The van der Waals surface area contributed by atoms with Gasteiger partial charge in [-0.1, -0.05) is 60.7 Å². The third-order valence-electron chi connectivity index (χ3n) is 9.39. The van der Waals surface area contributed by atoms with Gasteiger partial charge in [0.25, 0.3) is 0 Å². The van der Waals surface area contributed by atoms with E-state index >= 15 is 0 Å². The first-order valence-electron chi connectivity index (χ1n) is 16.6. The molecule has 10 heteroatoms. The van der Waals surface area contributed by atoms with Crippen molar-refractivity contribution in [2.24, 2.45) is 5.73 Å². The lowest BCUT2D eigenvalue weighted by Crippen LogP contribution is -2.11. The number of esters is 1. The second-order valence-electron chi connectivity index (χ2n) is 12.3. The average Bonchev–Trinajstić information content (AvgIpc) is 3.68. The van der Waals surface area contributed by atoms with Crippen LogP contribution in [0, 0.1) is 22.7 Å². The number of methoxy groups -OCH3 is 1. The number of nitrogens with zero attached hydrogens (tertiary/aromatic N) is 4. The van der Waals surface area contributed by atoms with Crippen LogP contribution in [0.2, 0.25) is 0 Å². The lowest BCUT2D eigenvalue weighted by molar-refractivity contribution is 0.0603. The maximum Gasteiger partial charge on any atom is 0.338 e. The standard InChI is InChI=1S/C22H16N2O3.C21H15N3O2/c1-27-22(26)16-8-4-9-17-20(16)21-18(10-5-11-19(21)25)24(17)13-15-7-3-2-6-14(15)12-23;22-11-13-5-1-2-6-14(13)12-24-16-8-3-7-15(21(23)26)19(16)20-17(24)9-4-10-18(20)25/h2-11,25H,13H2,1H3;1-10,25H,12H2,(H2,23,26). The van der Waals surface area contributed by atoms with Crippen molar-refractivity contribution in [3.8, 4) is 23.6 Å². The fourth-order valence-corrected chi connectivity index (χ4v) is 7.04. The summed E-state index contributed by atoms with van der Waals surface area (Å²) in [4.78, 5) is 24.2. The largest absolute Gasteiger partial charge is 0.507 e. The van der Waals surface area contributed by atoms with Gasteiger partial charge in [0.05, 0.1) is 68.8 Å². The summed E-state index contributed by atoms with van der Waals surface area (Å²) in [5.41, 5.74) is 12.4. The summed E-state index contributed by atoms with van der Waals surface area (Å²) in [6, 6.07) is 40.4. The molecule has 0 bridgehead atoms. The van der Waals surface area contributed by atoms with Crippen LogP contribution < -0.4 is 5.73 Å². The Bertz CT molecular complexity index is 2840. The number of ether oxygens (including phenoxy) is 1. The number of primary amides is 1. The predicted molar refractivity (Wildman–Crippen MR) is 203 cm³/mol. The molecule has 0 aliphatic heterocycles. The number of phenols is 2. The van der Waals surface area contributed by atoms with Crippen LogP contribution in [0.15, 0.2) is 121 Å². The lowest BCUT2D eigenvalue weighted by atomic mass is 10.1. The zero-order chi connectivity index (χ0) is 37.2. The predicted octanol–water partition coefficient (Wildman–Crippen LogP) is 7.73. The Morgan fingerprint density at radius 1 is 0.585 bits per heavy atom. The van der Waals surface area contributed by atoms with Crippen molar-refractivity contribution in [1.82, 2.24) is 9.13 Å². The molecule has 10 nitrogen and oxygen atoms in total. The molecule has 2 aromatic heterocycles. The van der Waals surface area contributed by atoms with Crippen molar-refractivity contribution in [3.63, 3.8) is 0 Å². The minimum absolute atomic E-state index is 0.0912. The SMILES string of the molecule is COC(=O)c1cccc2c1c1c(O)cccc1n2Cc1ccccc1C#N.N#Cc1ccccc1Cn1c2cccc(O)c2c2c(C(N)=O)cccc21. The van der Waals surface area contributed by atoms with Gasteiger partial charge < -0.3 is 29.8 Å². The van der Waals surface area contributed by atoms with Gasteiger partial charge >= 0.3 is 5.97 Å². The van der Waals surface area contributed by atoms with Gasteiger partial charge in [-0.3, -0.25) is 4.79 Å². The summed E-state index contributed by atoms with van der Waals surface area (Å²) in [5, 5.41) is 42.2. The fraction of sp³-hybridized carbons (Fsp3) is 0.0698. The van der Waals surface area contributed by atoms with E-state index in [4.69, 9.17) is 10.5 Å². The van der Waals surface area contributed by atoms with E-state index in [-0.39, 0.29) is 11.5 Å². The number of phenolic OH excluding ortho intramolecular Hbond substituents is 2. The van der Waals surface area contributed by atoms with E-state index in [9.17, 15) is 30.3 Å². The van der Waals surface area contributed by atoms with Crippen LogP contribution in [0.5, 0.6) is 11.5 Å². The molecule has 0 aliphatic carbocycles. The van der Waals surface area contributed by atoms with Crippen molar-refractivity contribution < 1.29 is 24.5 Å². The van der Waals surface area contributed by atoms with Crippen LogP contribution in [-0.4, -0.2) is 38.3 Å². The number of carbonyl (C=O) groups is 2. The van der Waals surface area contributed by atoms with E-state index in [1.54, 1.807) is 60.7 Å². The molecular weight excluding hydrogens is 667 g/mol. The monoisotopic (exact) mass is 697 g/mol. The molecule has 2 heterocycles. The van der Waals surface area contributed by atoms with Crippen molar-refractivity contribution in [1.29, 1.82) is 10.5 Å². The number of hydrogen-bond donors (Lipinski definition) is 3. The van der Waals surface area contributed by atoms with Crippen LogP contribution in [0.3, 0.4) is 0 Å². The van der Waals surface area contributed by atoms with Gasteiger partial charge in [-0.2, -0.15) is 10.5 Å². The Balaban J connectivity index is 0.000000164. The molecule has 0 fully saturated rings. The highest BCUT2D eigenvalue weighted by molar-refractivity contribution is 6.20. The zero-order valence-electron chi connectivity index (χ0n) is 28.4. The molecule has 8 aromatic rings. The van der Waals surface area contributed by atoms with Gasteiger partial charge in [-0.25, -0.2) is 4.79 Å². The van der Waals surface area contributed by atoms with Gasteiger partial charge in [-0.15, -0.1) is 0 Å². The second-order valence-corrected chi connectivity index (χ2v) is 12.3. The Hall–Kier alpha value is -7.56. The molecule has 0 aliphatic rings. The van der Waals surface area contributed by atoms with Gasteiger partial charge in [0, 0.05) is 29.4 Å². The first-order valence-corrected chi connectivity index (χ1v) is 16.6. The smallest absolute Gasteiger partial charge is 0.338 e. The second kappa shape index (κ2) is 14.0. The number of rotatable bonds is 6. The topological polar surface area (TPSA) is 167 Å². The van der Waals surface area contributed by atoms with Crippen LogP contribution in [0.25, 0.3) is 43.6 Å². The van der Waals surface area contributed by atoms with Gasteiger partial charge in [0.1, 0.15) is 11.5 Å². The summed E-state index contributed by atoms with van der Waals surface area (Å²) in [7, 11) is 1.34. The van der Waals surface area contributed by atoms with E-state index in [1.807, 2.05) is 69.8 Å². The quantitative estimate of drug-likeness (QED) is 0.150. The summed E-state index contributed by atoms with van der Waals surface area (Å²) >= 11 is 0. The zero-order valence-corrected chi connectivity index (χ0v) is 28.4. The highest BCUT2D eigenvalue weighted by Crippen LogP contribution is 2.39. The highest BCUT2D eigenvalue weighted by Gasteiger charge is 2.22. The number of aromatic hydroxyl groups is 2. The number of nitriles is 2. The normalized spacial score (nSPS) is 10.8. The summed E-state index contributed by atoms with van der Waals surface area (Å²) in [6.07, 6.45) is 0. The van der Waals surface area contributed by atoms with Crippen LogP contribution >= 0.6 is 0 Å². The first kappa shape index (κ1) is 33.9. The highest BCUT2D eigenvalue weighted by atomic mass is 16.5. The van der Waals surface area contributed by atoms with Gasteiger partial charge in [-0.05, 0) is 71.8 Å². The van der Waals surface area contributed by atoms with Crippen LogP contribution in [-0.2, 0) is 17.8 Å². The molecule has 0 saturated heterocycles. The Kier molecular flexibility index (Phi) is 8.95. The summed E-state index contributed by atoms with van der Waals surface area (Å²) in [6.45, 7) is 0.882. The average molecular weight is 698 g/mol. The molecular formula is C43H31N5O5. The number of carbonyl (C=O) groups excluding carboxylic acids is 2. The molecule has 0 radical (unpaired) electrons. The number of hydrogen-bond acceptors (Lipinski definition) is 7. The maximum absolute atomic E-state index is 12.3. The van der Waals surface area contributed by atoms with Crippen molar-refractivity contribution >= 4 is 55.5 Å². The third kappa shape index (κ3) is 5.90. The molecule has 53 heavy (non-hydrogen) atoms. The van der Waals surface area contributed by atoms with E-state index in [2.05, 4.69) is 12.1 Å². The van der Waals surface area contributed by atoms with E-state index in [0.29, 0.717) is 56.9 Å². The number of nitrogens with two attached hydrogens (primary N) is 1. The summed E-state index contributed by atoms with van der Waals surface area (Å²) < 4.78 is 8.92. The number of fused-ring (bicyclic) bond motifs is 6. The molecule has 0 spiro atoms. The molecule has 0 saturated carbocycles. The molecule has 0 unspecified atom stereocenters. The van der Waals surface area contributed by atoms with Crippen molar-refractivity contribution in [2.45, 2.75) is 13.1 Å². The van der Waals surface area contributed by atoms with Gasteiger partial charge in [0.15, 0.2) is 0 Å². The Morgan fingerprint density at radius 3 is 1.42 bits per heavy atom. The maximum atomic E-state index is 12.3. The molecule has 0 atom stereocenters. The third-order valence-corrected chi connectivity index (χ3v) is 9.39. The molecule has 258 valence electrons. The molecule has 8 rings (SSSR count). The van der Waals surface area contributed by atoms with E-state index in [0.717, 1.165) is 33.2 Å². The van der Waals surface area contributed by atoms with Crippen LogP contribution in [0.4, 0.5) is 0 Å². The minimum Gasteiger partial charge on any atom is -0.507 e. The van der Waals surface area contributed by atoms with Crippen molar-refractivity contribution in [2.75, 3.05) is 7.11 Å². The van der Waals surface area contributed by atoms with Gasteiger partial charge in [0.2, 0.25) is 5.91 Å². The summed E-state index contributed by atoms with van der Waals surface area (Å²) in [5.74, 6) is -0.814. The van der Waals surface area contributed by atoms with E-state index < -0.39 is 11.9 Å². The molecule has 6 aromatic carbocycles. The lowest BCUT2D eigenvalue weighted by Gasteiger charge is -2.09. The number of benzene rings is 6. The fourth-order valence-electron chi connectivity index (χ4n) is 7.04.